The lowest BCUT2D eigenvalue weighted by Crippen LogP contribution is -2.43. The van der Waals surface area contributed by atoms with E-state index >= 15 is 0 Å². The minimum atomic E-state index is -0.792. The Balaban J connectivity index is 0.00000112. The minimum Gasteiger partial charge on any atom is -0.400 e. The molecule has 0 aliphatic carbocycles. The number of rotatable bonds is 3. The molecule has 3 aromatic rings. The number of fused-ring (bicyclic) bond motifs is 2. The Morgan fingerprint density at radius 3 is 2.61 bits per heavy atom. The van der Waals surface area contributed by atoms with Crippen LogP contribution in [-0.4, -0.2) is 29.5 Å². The van der Waals surface area contributed by atoms with Gasteiger partial charge in [0, 0.05) is 35.3 Å². The number of ether oxygens (including phenoxy) is 2. The Morgan fingerprint density at radius 1 is 1.10 bits per heavy atom. The number of benzene rings is 2. The van der Waals surface area contributed by atoms with E-state index in [-0.39, 0.29) is 12.2 Å². The van der Waals surface area contributed by atoms with Gasteiger partial charge >= 0.3 is 0 Å². The second-order valence-electron chi connectivity index (χ2n) is 8.31. The molecule has 3 heterocycles. The Labute approximate surface area is 188 Å². The lowest BCUT2D eigenvalue weighted by molar-refractivity contribution is -0.295. The maximum Gasteiger partial charge on any atom is 0.198 e. The summed E-state index contributed by atoms with van der Waals surface area (Å²) in [5.41, 5.74) is 6.13. The molecule has 4 nitrogen and oxygen atoms in total. The summed E-state index contributed by atoms with van der Waals surface area (Å²) >= 11 is 1.85. The Morgan fingerprint density at radius 2 is 1.87 bits per heavy atom. The Hall–Kier alpha value is -2.02. The van der Waals surface area contributed by atoms with Crippen LogP contribution in [0.4, 0.5) is 0 Å². The van der Waals surface area contributed by atoms with E-state index in [0.29, 0.717) is 19.4 Å². The standard InChI is InChI=1S/C25H26O3S.CH4O/c1-16-10-20-15-27-25(14-21(26)11-17(2)28-25)23(20)13-19(16)12-22-8-9-24(29-22)18-6-4-3-5-7-18;1-2/h3-10,13,17,21,26H,11-12,14-15H2,1-2H3;2H,1H3/t17?,21?,25-;/m1./s1. The summed E-state index contributed by atoms with van der Waals surface area (Å²) in [7, 11) is 1.00. The van der Waals surface area contributed by atoms with Crippen LogP contribution in [0.2, 0.25) is 0 Å². The molecule has 2 aromatic carbocycles. The van der Waals surface area contributed by atoms with Gasteiger partial charge in [0.2, 0.25) is 0 Å². The quantitative estimate of drug-likeness (QED) is 0.593. The summed E-state index contributed by atoms with van der Waals surface area (Å²) in [6.45, 7) is 4.73. The molecule has 0 amide bonds. The monoisotopic (exact) mass is 438 g/mol. The van der Waals surface area contributed by atoms with Crippen molar-refractivity contribution >= 4 is 11.3 Å². The van der Waals surface area contributed by atoms with Crippen molar-refractivity contribution < 1.29 is 19.7 Å². The van der Waals surface area contributed by atoms with Gasteiger partial charge in [-0.1, -0.05) is 36.4 Å². The summed E-state index contributed by atoms with van der Waals surface area (Å²) in [5, 5.41) is 17.3. The van der Waals surface area contributed by atoms with Gasteiger partial charge in [0.25, 0.3) is 0 Å². The molecule has 1 spiro atoms. The molecule has 1 saturated heterocycles. The van der Waals surface area contributed by atoms with Crippen LogP contribution in [0.5, 0.6) is 0 Å². The summed E-state index contributed by atoms with van der Waals surface area (Å²) in [6.07, 6.45) is 1.66. The first-order chi connectivity index (χ1) is 15.0. The number of aliphatic hydroxyl groups excluding tert-OH is 2. The molecule has 0 bridgehead atoms. The minimum absolute atomic E-state index is 0.0137. The maximum atomic E-state index is 10.3. The van der Waals surface area contributed by atoms with Gasteiger partial charge in [0.15, 0.2) is 5.79 Å². The number of hydrogen-bond donors (Lipinski definition) is 2. The van der Waals surface area contributed by atoms with Crippen LogP contribution < -0.4 is 0 Å². The van der Waals surface area contributed by atoms with Gasteiger partial charge in [-0.25, -0.2) is 0 Å². The van der Waals surface area contributed by atoms with Crippen LogP contribution in [-0.2, 0) is 28.3 Å². The van der Waals surface area contributed by atoms with Gasteiger partial charge < -0.3 is 19.7 Å². The molecular weight excluding hydrogens is 408 g/mol. The maximum absolute atomic E-state index is 10.3. The van der Waals surface area contributed by atoms with Gasteiger partial charge in [-0.3, -0.25) is 0 Å². The van der Waals surface area contributed by atoms with E-state index in [9.17, 15) is 5.11 Å². The lowest BCUT2D eigenvalue weighted by atomic mass is 9.89. The van der Waals surface area contributed by atoms with Crippen molar-refractivity contribution in [2.24, 2.45) is 0 Å². The van der Waals surface area contributed by atoms with E-state index in [2.05, 4.69) is 61.5 Å². The van der Waals surface area contributed by atoms with Gasteiger partial charge in [-0.2, -0.15) is 0 Å². The van der Waals surface area contributed by atoms with Crippen molar-refractivity contribution in [1.29, 1.82) is 0 Å². The molecule has 1 aromatic heterocycles. The average molecular weight is 439 g/mol. The van der Waals surface area contributed by atoms with Crippen LogP contribution in [0, 0.1) is 6.92 Å². The fourth-order valence-corrected chi connectivity index (χ4v) is 5.67. The molecule has 5 heteroatoms. The number of hydrogen-bond acceptors (Lipinski definition) is 5. The first-order valence-corrected chi connectivity index (χ1v) is 11.6. The molecule has 31 heavy (non-hydrogen) atoms. The normalized spacial score (nSPS) is 24.5. The second kappa shape index (κ2) is 9.23. The van der Waals surface area contributed by atoms with Crippen molar-refractivity contribution in [2.75, 3.05) is 7.11 Å². The first-order valence-electron chi connectivity index (χ1n) is 10.7. The molecule has 164 valence electrons. The average Bonchev–Trinajstić information content (AvgIpc) is 3.35. The summed E-state index contributed by atoms with van der Waals surface area (Å²) in [4.78, 5) is 2.64. The highest BCUT2D eigenvalue weighted by Gasteiger charge is 2.47. The molecule has 3 atom stereocenters. The number of aryl methyl sites for hydroxylation is 1. The van der Waals surface area contributed by atoms with E-state index in [0.717, 1.165) is 19.1 Å². The smallest absolute Gasteiger partial charge is 0.198 e. The third kappa shape index (κ3) is 4.47. The van der Waals surface area contributed by atoms with Gasteiger partial charge in [-0.05, 0) is 60.7 Å². The molecule has 2 aliphatic rings. The third-order valence-electron chi connectivity index (χ3n) is 6.02. The Bertz CT molecular complexity index is 1020. The van der Waals surface area contributed by atoms with E-state index in [1.165, 1.54) is 32.0 Å². The van der Waals surface area contributed by atoms with Crippen molar-refractivity contribution in [2.45, 2.75) is 57.7 Å². The fraction of sp³-hybridized carbons (Fsp3) is 0.385. The van der Waals surface area contributed by atoms with Gasteiger partial charge in [0.1, 0.15) is 0 Å². The zero-order chi connectivity index (χ0) is 22.0. The molecule has 2 aliphatic heterocycles. The van der Waals surface area contributed by atoms with E-state index in [1.54, 1.807) is 0 Å². The number of thiophene rings is 1. The van der Waals surface area contributed by atoms with Crippen molar-refractivity contribution in [1.82, 2.24) is 0 Å². The highest BCUT2D eigenvalue weighted by atomic mass is 32.1. The van der Waals surface area contributed by atoms with E-state index in [4.69, 9.17) is 14.6 Å². The molecule has 1 fully saturated rings. The zero-order valence-corrected chi connectivity index (χ0v) is 19.1. The highest BCUT2D eigenvalue weighted by molar-refractivity contribution is 7.15. The second-order valence-corrected chi connectivity index (χ2v) is 9.48. The first kappa shape index (κ1) is 22.2. The lowest BCUT2D eigenvalue weighted by Gasteiger charge is -2.39. The molecular formula is C26H30O4S. The summed E-state index contributed by atoms with van der Waals surface area (Å²) < 4.78 is 12.4. The van der Waals surface area contributed by atoms with Crippen molar-refractivity contribution in [3.8, 4) is 10.4 Å². The van der Waals surface area contributed by atoms with Crippen LogP contribution in [0.3, 0.4) is 0 Å². The highest BCUT2D eigenvalue weighted by Crippen LogP contribution is 2.46. The molecule has 0 saturated carbocycles. The Kier molecular flexibility index (Phi) is 6.60. The predicted molar refractivity (Wildman–Crippen MR) is 124 cm³/mol. The number of aliphatic hydroxyl groups is 2. The molecule has 2 unspecified atom stereocenters. The predicted octanol–water partition coefficient (Wildman–Crippen LogP) is 5.17. The molecule has 0 radical (unpaired) electrons. The summed E-state index contributed by atoms with van der Waals surface area (Å²) in [5.74, 6) is -0.792. The van der Waals surface area contributed by atoms with Crippen LogP contribution in [0.25, 0.3) is 10.4 Å². The third-order valence-corrected chi connectivity index (χ3v) is 7.15. The molecule has 5 rings (SSSR count). The van der Waals surface area contributed by atoms with E-state index in [1.807, 2.05) is 18.3 Å². The largest absolute Gasteiger partial charge is 0.400 e. The zero-order valence-electron chi connectivity index (χ0n) is 18.3. The van der Waals surface area contributed by atoms with Gasteiger partial charge in [0.05, 0.1) is 18.8 Å². The van der Waals surface area contributed by atoms with Crippen LogP contribution in [0.1, 0.15) is 46.9 Å². The van der Waals surface area contributed by atoms with Crippen molar-refractivity contribution in [3.63, 3.8) is 0 Å². The summed E-state index contributed by atoms with van der Waals surface area (Å²) in [6, 6.07) is 19.5. The molecule has 2 N–H and O–H groups in total. The van der Waals surface area contributed by atoms with Crippen LogP contribution in [0.15, 0.2) is 54.6 Å². The van der Waals surface area contributed by atoms with Crippen molar-refractivity contribution in [3.05, 3.63) is 81.7 Å². The van der Waals surface area contributed by atoms with E-state index < -0.39 is 5.79 Å². The van der Waals surface area contributed by atoms with Gasteiger partial charge in [-0.15, -0.1) is 11.3 Å². The fourth-order valence-electron chi connectivity index (χ4n) is 4.63. The van der Waals surface area contributed by atoms with Crippen LogP contribution >= 0.6 is 11.3 Å². The topological polar surface area (TPSA) is 58.9 Å². The SMILES string of the molecule is CO.Cc1cc2c(cc1Cc1ccc(-c3ccccc3)s1)[C@]1(CC(O)CC(C)O1)OC2.